The van der Waals surface area contributed by atoms with Crippen molar-refractivity contribution in [3.05, 3.63) is 34.7 Å². The topological polar surface area (TPSA) is 90.6 Å². The Balaban J connectivity index is 2.35. The first-order valence-corrected chi connectivity index (χ1v) is 5.43. The zero-order valence-electron chi connectivity index (χ0n) is 9.57. The van der Waals surface area contributed by atoms with Gasteiger partial charge in [-0.05, 0) is 18.2 Å². The van der Waals surface area contributed by atoms with Crippen LogP contribution in [0.4, 0.5) is 5.95 Å². The second-order valence-electron chi connectivity index (χ2n) is 3.99. The van der Waals surface area contributed by atoms with E-state index >= 15 is 0 Å². The number of aromatic amines is 2. The lowest BCUT2D eigenvalue weighted by molar-refractivity contribution is -0.114. The molecule has 3 rings (SSSR count). The normalized spacial score (nSPS) is 10.9. The van der Waals surface area contributed by atoms with Gasteiger partial charge in [0.05, 0.1) is 10.9 Å². The maximum absolute atomic E-state index is 12.0. The number of hydrogen-bond donors (Lipinski definition) is 3. The average Bonchev–Trinajstić information content (AvgIpc) is 2.75. The number of benzene rings is 1. The second-order valence-corrected chi connectivity index (χ2v) is 3.99. The van der Waals surface area contributed by atoms with Crippen LogP contribution in [-0.4, -0.2) is 20.9 Å². The molecule has 0 aliphatic carbocycles. The van der Waals surface area contributed by atoms with Crippen molar-refractivity contribution < 1.29 is 4.79 Å². The minimum absolute atomic E-state index is 0.162. The van der Waals surface area contributed by atoms with Crippen molar-refractivity contribution in [2.75, 3.05) is 5.32 Å². The Morgan fingerprint density at radius 2 is 2.17 bits per heavy atom. The number of nitrogens with one attached hydrogen (secondary N) is 3. The molecule has 6 heteroatoms. The third-order valence-electron chi connectivity index (χ3n) is 2.70. The Bertz CT molecular complexity index is 816. The molecule has 2 aromatic heterocycles. The summed E-state index contributed by atoms with van der Waals surface area (Å²) >= 11 is 0. The number of H-pyrrole nitrogens is 2. The summed E-state index contributed by atoms with van der Waals surface area (Å²) in [5.74, 6) is -0.116. The molecule has 6 nitrogen and oxygen atoms in total. The number of aromatic nitrogens is 3. The predicted molar refractivity (Wildman–Crippen MR) is 68.5 cm³/mol. The van der Waals surface area contributed by atoms with Crippen molar-refractivity contribution in [1.82, 2.24) is 15.0 Å². The first-order valence-electron chi connectivity index (χ1n) is 5.43. The van der Waals surface area contributed by atoms with Crippen molar-refractivity contribution in [3.8, 4) is 0 Å². The summed E-state index contributed by atoms with van der Waals surface area (Å²) < 4.78 is 0. The van der Waals surface area contributed by atoms with E-state index in [-0.39, 0.29) is 17.4 Å². The number of anilines is 1. The van der Waals surface area contributed by atoms with E-state index in [1.807, 2.05) is 12.1 Å². The quantitative estimate of drug-likeness (QED) is 0.601. The fourth-order valence-electron chi connectivity index (χ4n) is 2.00. The van der Waals surface area contributed by atoms with E-state index < -0.39 is 0 Å². The Morgan fingerprint density at radius 3 is 2.94 bits per heavy atom. The highest BCUT2D eigenvalue weighted by atomic mass is 16.1. The highest BCUT2D eigenvalue weighted by Gasteiger charge is 2.08. The molecule has 0 bridgehead atoms. The third kappa shape index (κ3) is 1.55. The van der Waals surface area contributed by atoms with Crippen LogP contribution < -0.4 is 10.9 Å². The summed E-state index contributed by atoms with van der Waals surface area (Å²) in [5, 5.41) is 3.80. The third-order valence-corrected chi connectivity index (χ3v) is 2.70. The van der Waals surface area contributed by atoms with Crippen LogP contribution in [0.3, 0.4) is 0 Å². The largest absolute Gasteiger partial charge is 0.361 e. The molecule has 90 valence electrons. The van der Waals surface area contributed by atoms with Crippen LogP contribution in [0, 0.1) is 0 Å². The van der Waals surface area contributed by atoms with Gasteiger partial charge in [-0.1, -0.05) is 0 Å². The molecule has 1 aromatic carbocycles. The maximum atomic E-state index is 12.0. The zero-order chi connectivity index (χ0) is 12.7. The summed E-state index contributed by atoms with van der Waals surface area (Å²) in [7, 11) is 0. The smallest absolute Gasteiger partial charge is 0.260 e. The molecule has 3 aromatic rings. The molecule has 0 aliphatic heterocycles. The van der Waals surface area contributed by atoms with Crippen molar-refractivity contribution in [3.63, 3.8) is 0 Å². The van der Waals surface area contributed by atoms with Crippen LogP contribution in [0.15, 0.2) is 29.2 Å². The van der Waals surface area contributed by atoms with Gasteiger partial charge in [0.1, 0.15) is 0 Å². The first-order chi connectivity index (χ1) is 8.65. The summed E-state index contributed by atoms with van der Waals surface area (Å²) in [6, 6.07) is 5.42. The van der Waals surface area contributed by atoms with Gasteiger partial charge in [-0.3, -0.25) is 19.9 Å². The molecule has 0 atom stereocenters. The summed E-state index contributed by atoms with van der Waals surface area (Å²) in [4.78, 5) is 32.8. The molecule has 0 fully saturated rings. The summed E-state index contributed by atoms with van der Waals surface area (Å²) in [6.45, 7) is 1.36. The fourth-order valence-corrected chi connectivity index (χ4v) is 2.00. The van der Waals surface area contributed by atoms with Gasteiger partial charge in [-0.2, -0.15) is 0 Å². The van der Waals surface area contributed by atoms with E-state index in [0.29, 0.717) is 10.9 Å². The molecular weight excluding hydrogens is 232 g/mol. The van der Waals surface area contributed by atoms with Crippen molar-refractivity contribution in [2.45, 2.75) is 6.92 Å². The number of carbonyl (C=O) groups is 1. The number of rotatable bonds is 1. The molecule has 0 spiro atoms. The molecular formula is C12H10N4O2. The molecule has 1 amide bonds. The lowest BCUT2D eigenvalue weighted by atomic mass is 10.1. The molecule has 0 radical (unpaired) electrons. The van der Waals surface area contributed by atoms with Crippen LogP contribution in [-0.2, 0) is 4.79 Å². The van der Waals surface area contributed by atoms with Crippen molar-refractivity contribution in [1.29, 1.82) is 0 Å². The molecule has 0 unspecified atom stereocenters. The number of fused-ring (bicyclic) bond motifs is 3. The van der Waals surface area contributed by atoms with Gasteiger partial charge in [0.15, 0.2) is 0 Å². The average molecular weight is 242 g/mol. The van der Waals surface area contributed by atoms with E-state index in [4.69, 9.17) is 0 Å². The van der Waals surface area contributed by atoms with Gasteiger partial charge in [0, 0.05) is 24.0 Å². The van der Waals surface area contributed by atoms with Gasteiger partial charge in [0.2, 0.25) is 11.9 Å². The van der Waals surface area contributed by atoms with Crippen LogP contribution in [0.5, 0.6) is 0 Å². The lowest BCUT2D eigenvalue weighted by Crippen LogP contribution is -2.16. The Morgan fingerprint density at radius 1 is 1.33 bits per heavy atom. The molecule has 3 N–H and O–H groups in total. The van der Waals surface area contributed by atoms with Gasteiger partial charge >= 0.3 is 0 Å². The monoisotopic (exact) mass is 242 g/mol. The Hall–Kier alpha value is -2.63. The highest BCUT2D eigenvalue weighted by Crippen LogP contribution is 2.20. The van der Waals surface area contributed by atoms with Crippen LogP contribution in [0.1, 0.15) is 6.92 Å². The van der Waals surface area contributed by atoms with Gasteiger partial charge in [0.25, 0.3) is 5.56 Å². The molecule has 2 heterocycles. The second kappa shape index (κ2) is 3.69. The molecule has 0 saturated carbocycles. The Kier molecular flexibility index (Phi) is 2.16. The standard InChI is InChI=1S/C12H10N4O2/c1-6(17)14-12-15-9-3-2-8-7(4-5-13-8)10(9)11(18)16-12/h2-5,13H,1H3,(H2,14,15,16,17,18). The number of nitrogens with zero attached hydrogens (tertiary/aromatic N) is 1. The number of hydrogen-bond acceptors (Lipinski definition) is 3. The minimum Gasteiger partial charge on any atom is -0.361 e. The summed E-state index contributed by atoms with van der Waals surface area (Å²) in [5.41, 5.74) is 1.16. The van der Waals surface area contributed by atoms with Crippen molar-refractivity contribution in [2.24, 2.45) is 0 Å². The molecule has 0 aliphatic rings. The first kappa shape index (κ1) is 10.5. The predicted octanol–water partition coefficient (Wildman–Crippen LogP) is 1.36. The van der Waals surface area contributed by atoms with Crippen LogP contribution >= 0.6 is 0 Å². The van der Waals surface area contributed by atoms with Gasteiger partial charge in [-0.25, -0.2) is 4.98 Å². The van der Waals surface area contributed by atoms with Gasteiger partial charge in [-0.15, -0.1) is 0 Å². The molecule has 18 heavy (non-hydrogen) atoms. The van der Waals surface area contributed by atoms with E-state index in [0.717, 1.165) is 10.9 Å². The maximum Gasteiger partial charge on any atom is 0.260 e. The summed E-state index contributed by atoms with van der Waals surface area (Å²) in [6.07, 6.45) is 1.77. The SMILES string of the molecule is CC(=O)Nc1nc2ccc3[nH]ccc3c2c(=O)[nH]1. The zero-order valence-corrected chi connectivity index (χ0v) is 9.57. The van der Waals surface area contributed by atoms with E-state index in [9.17, 15) is 9.59 Å². The van der Waals surface area contributed by atoms with E-state index in [2.05, 4.69) is 20.3 Å². The fraction of sp³-hybridized carbons (Fsp3) is 0.0833. The lowest BCUT2D eigenvalue weighted by Gasteiger charge is -2.03. The van der Waals surface area contributed by atoms with Crippen LogP contribution in [0.2, 0.25) is 0 Å². The van der Waals surface area contributed by atoms with Gasteiger partial charge < -0.3 is 4.98 Å². The van der Waals surface area contributed by atoms with Crippen molar-refractivity contribution >= 4 is 33.7 Å². The van der Waals surface area contributed by atoms with E-state index in [1.165, 1.54) is 6.92 Å². The highest BCUT2D eigenvalue weighted by molar-refractivity contribution is 6.04. The Labute approximate surface area is 101 Å². The van der Waals surface area contributed by atoms with E-state index in [1.54, 1.807) is 12.3 Å². The van der Waals surface area contributed by atoms with Crippen LogP contribution in [0.25, 0.3) is 21.8 Å². The number of amides is 1. The molecule has 0 saturated heterocycles. The number of carbonyl (C=O) groups excluding carboxylic acids is 1. The minimum atomic E-state index is -0.278.